The molecule has 0 bridgehead atoms. The molecular formula is C7H14N2. The first-order valence-corrected chi connectivity index (χ1v) is 3.09. The number of nitrogens with two attached hydrogens (primary N) is 2. The molecule has 0 aromatic rings. The van der Waals surface area contributed by atoms with Crippen molar-refractivity contribution in [3.05, 3.63) is 23.9 Å². The minimum Gasteiger partial charge on any atom is -0.399 e. The Hall–Kier alpha value is -0.760. The van der Waals surface area contributed by atoms with E-state index in [0.29, 0.717) is 6.54 Å². The van der Waals surface area contributed by atoms with Crippen molar-refractivity contribution in [1.82, 2.24) is 0 Å². The molecule has 0 aromatic carbocycles. The van der Waals surface area contributed by atoms with Crippen LogP contribution in [0.15, 0.2) is 23.9 Å². The quantitative estimate of drug-likeness (QED) is 0.548. The lowest BCUT2D eigenvalue weighted by atomic mass is 10.3. The number of hydrogen-bond acceptors (Lipinski definition) is 2. The summed E-state index contributed by atoms with van der Waals surface area (Å²) in [6, 6.07) is 0. The molecule has 2 nitrogen and oxygen atoms in total. The second kappa shape index (κ2) is 5.38. The lowest BCUT2D eigenvalue weighted by molar-refractivity contribution is 0.998. The zero-order chi connectivity index (χ0) is 7.11. The molecule has 4 N–H and O–H groups in total. The summed E-state index contributed by atoms with van der Waals surface area (Å²) in [5.41, 5.74) is 11.5. The Kier molecular flexibility index (Phi) is 4.92. The fraction of sp³-hybridized carbons (Fsp3) is 0.429. The first-order chi connectivity index (χ1) is 4.31. The van der Waals surface area contributed by atoms with Gasteiger partial charge < -0.3 is 11.5 Å². The molecule has 0 aliphatic carbocycles. The van der Waals surface area contributed by atoms with Gasteiger partial charge >= 0.3 is 0 Å². The van der Waals surface area contributed by atoms with Crippen molar-refractivity contribution in [2.24, 2.45) is 11.5 Å². The first-order valence-electron chi connectivity index (χ1n) is 3.09. The Balaban J connectivity index is 3.55. The fourth-order valence-electron chi connectivity index (χ4n) is 0.510. The van der Waals surface area contributed by atoms with E-state index in [9.17, 15) is 0 Å². The van der Waals surface area contributed by atoms with E-state index in [0.717, 1.165) is 12.1 Å². The maximum atomic E-state index is 5.49. The molecule has 0 atom stereocenters. The van der Waals surface area contributed by atoms with Gasteiger partial charge in [0.2, 0.25) is 0 Å². The lowest BCUT2D eigenvalue weighted by Gasteiger charge is -1.89. The molecule has 9 heavy (non-hydrogen) atoms. The number of hydrogen-bond donors (Lipinski definition) is 2. The summed E-state index contributed by atoms with van der Waals surface area (Å²) in [6.45, 7) is 2.60. The summed E-state index contributed by atoms with van der Waals surface area (Å²) < 4.78 is 0. The van der Waals surface area contributed by atoms with Gasteiger partial charge in [0.15, 0.2) is 0 Å². The van der Waals surface area contributed by atoms with Crippen LogP contribution in [0.5, 0.6) is 0 Å². The standard InChI is InChI=1S/C7H14N2/c1-2-4-7(9)5-3-6-8/h2,4-5H,3,6,8-9H2,1H3. The first kappa shape index (κ1) is 8.24. The van der Waals surface area contributed by atoms with E-state index in [4.69, 9.17) is 11.5 Å². The van der Waals surface area contributed by atoms with E-state index < -0.39 is 0 Å². The highest BCUT2D eigenvalue weighted by Gasteiger charge is 1.78. The molecular weight excluding hydrogens is 112 g/mol. The third kappa shape index (κ3) is 5.11. The Labute approximate surface area is 56.2 Å². The summed E-state index contributed by atoms with van der Waals surface area (Å²) in [4.78, 5) is 0. The molecule has 0 amide bonds. The molecule has 0 rings (SSSR count). The van der Waals surface area contributed by atoms with E-state index in [1.165, 1.54) is 0 Å². The van der Waals surface area contributed by atoms with Crippen molar-refractivity contribution < 1.29 is 0 Å². The van der Waals surface area contributed by atoms with Crippen LogP contribution in [0.25, 0.3) is 0 Å². The van der Waals surface area contributed by atoms with Crippen molar-refractivity contribution in [2.45, 2.75) is 13.3 Å². The predicted octanol–water partition coefficient (Wildman–Crippen LogP) is 0.754. The monoisotopic (exact) mass is 126 g/mol. The van der Waals surface area contributed by atoms with Gasteiger partial charge in [-0.15, -0.1) is 0 Å². The zero-order valence-electron chi connectivity index (χ0n) is 5.80. The summed E-state index contributed by atoms with van der Waals surface area (Å²) in [5, 5.41) is 0. The van der Waals surface area contributed by atoms with Crippen LogP contribution in [-0.2, 0) is 0 Å². The van der Waals surface area contributed by atoms with Gasteiger partial charge in [0.25, 0.3) is 0 Å². The lowest BCUT2D eigenvalue weighted by Crippen LogP contribution is -1.99. The van der Waals surface area contributed by atoms with Crippen molar-refractivity contribution in [3.8, 4) is 0 Å². The van der Waals surface area contributed by atoms with Gasteiger partial charge in [0.05, 0.1) is 0 Å². The SMILES string of the molecule is CC=CC(N)=CCCN. The molecule has 0 aromatic heterocycles. The molecule has 0 saturated carbocycles. The second-order valence-corrected chi connectivity index (χ2v) is 1.78. The van der Waals surface area contributed by atoms with Crippen LogP contribution in [0.2, 0.25) is 0 Å². The molecule has 0 spiro atoms. The van der Waals surface area contributed by atoms with Crippen LogP contribution in [-0.4, -0.2) is 6.54 Å². The normalized spacial score (nSPS) is 12.9. The highest BCUT2D eigenvalue weighted by atomic mass is 14.6. The van der Waals surface area contributed by atoms with Gasteiger partial charge in [0, 0.05) is 5.70 Å². The summed E-state index contributed by atoms with van der Waals surface area (Å²) in [5.74, 6) is 0. The molecule has 0 heterocycles. The van der Waals surface area contributed by atoms with E-state index in [1.54, 1.807) is 0 Å². The zero-order valence-corrected chi connectivity index (χ0v) is 5.80. The molecule has 0 saturated heterocycles. The molecule has 52 valence electrons. The summed E-state index contributed by atoms with van der Waals surface area (Å²) in [7, 11) is 0. The Bertz CT molecular complexity index is 114. The van der Waals surface area contributed by atoms with Gasteiger partial charge in [-0.1, -0.05) is 12.2 Å². The molecule has 0 unspecified atom stereocenters. The third-order valence-electron chi connectivity index (χ3n) is 0.906. The van der Waals surface area contributed by atoms with Gasteiger partial charge in [-0.3, -0.25) is 0 Å². The average molecular weight is 126 g/mol. The average Bonchev–Trinajstić information content (AvgIpc) is 1.85. The van der Waals surface area contributed by atoms with Crippen LogP contribution < -0.4 is 11.5 Å². The summed E-state index contributed by atoms with van der Waals surface area (Å²) >= 11 is 0. The Morgan fingerprint density at radius 2 is 2.22 bits per heavy atom. The second-order valence-electron chi connectivity index (χ2n) is 1.78. The third-order valence-corrected chi connectivity index (χ3v) is 0.906. The van der Waals surface area contributed by atoms with Crippen molar-refractivity contribution in [2.75, 3.05) is 6.54 Å². The molecule has 0 radical (unpaired) electrons. The largest absolute Gasteiger partial charge is 0.399 e. The maximum absolute atomic E-state index is 5.49. The maximum Gasteiger partial charge on any atom is 0.0270 e. The van der Waals surface area contributed by atoms with Gasteiger partial charge in [-0.25, -0.2) is 0 Å². The van der Waals surface area contributed by atoms with Crippen LogP contribution in [0, 0.1) is 0 Å². The van der Waals surface area contributed by atoms with Gasteiger partial charge in [0.1, 0.15) is 0 Å². The molecule has 0 aliphatic rings. The number of rotatable bonds is 3. The minimum atomic E-state index is 0.665. The smallest absolute Gasteiger partial charge is 0.0270 e. The van der Waals surface area contributed by atoms with Crippen LogP contribution in [0.4, 0.5) is 0 Å². The van der Waals surface area contributed by atoms with Crippen LogP contribution in [0.1, 0.15) is 13.3 Å². The van der Waals surface area contributed by atoms with Crippen molar-refractivity contribution in [3.63, 3.8) is 0 Å². The Morgan fingerprint density at radius 3 is 2.67 bits per heavy atom. The van der Waals surface area contributed by atoms with Crippen LogP contribution >= 0.6 is 0 Å². The molecule has 0 fully saturated rings. The highest BCUT2D eigenvalue weighted by molar-refractivity contribution is 5.13. The minimum absolute atomic E-state index is 0.665. The van der Waals surface area contributed by atoms with Crippen molar-refractivity contribution >= 4 is 0 Å². The fourth-order valence-corrected chi connectivity index (χ4v) is 0.510. The van der Waals surface area contributed by atoms with E-state index in [2.05, 4.69) is 0 Å². The molecule has 2 heteroatoms. The summed E-state index contributed by atoms with van der Waals surface area (Å²) in [6.07, 6.45) is 6.54. The van der Waals surface area contributed by atoms with Gasteiger partial charge in [-0.05, 0) is 26.0 Å². The van der Waals surface area contributed by atoms with E-state index >= 15 is 0 Å². The highest BCUT2D eigenvalue weighted by Crippen LogP contribution is 1.88. The van der Waals surface area contributed by atoms with Crippen molar-refractivity contribution in [1.29, 1.82) is 0 Å². The van der Waals surface area contributed by atoms with E-state index in [-0.39, 0.29) is 0 Å². The van der Waals surface area contributed by atoms with E-state index in [1.807, 2.05) is 25.2 Å². The van der Waals surface area contributed by atoms with Gasteiger partial charge in [-0.2, -0.15) is 0 Å². The topological polar surface area (TPSA) is 52.0 Å². The predicted molar refractivity (Wildman–Crippen MR) is 40.8 cm³/mol. The Morgan fingerprint density at radius 1 is 1.56 bits per heavy atom. The number of allylic oxidation sites excluding steroid dienone is 2. The molecule has 0 aliphatic heterocycles. The van der Waals surface area contributed by atoms with Crippen LogP contribution in [0.3, 0.4) is 0 Å².